The number of aromatic nitrogens is 4. The molecule has 0 spiro atoms. The van der Waals surface area contributed by atoms with E-state index in [0.717, 1.165) is 55.0 Å². The fourth-order valence-corrected chi connectivity index (χ4v) is 4.16. The van der Waals surface area contributed by atoms with Gasteiger partial charge in [-0.05, 0) is 50.2 Å². The number of pyridine rings is 2. The highest BCUT2D eigenvalue weighted by molar-refractivity contribution is 5.84. The molecule has 6 nitrogen and oxygen atoms in total. The van der Waals surface area contributed by atoms with E-state index in [9.17, 15) is 8.78 Å². The molecule has 0 unspecified atom stereocenters. The number of halogens is 2. The molecule has 32 heavy (non-hydrogen) atoms. The Hall–Kier alpha value is -3.39. The lowest BCUT2D eigenvalue weighted by molar-refractivity contribution is 0.209. The van der Waals surface area contributed by atoms with Gasteiger partial charge in [0.1, 0.15) is 5.69 Å². The first-order chi connectivity index (χ1) is 15.5. The number of aromatic amines is 1. The van der Waals surface area contributed by atoms with Gasteiger partial charge in [0.05, 0.1) is 28.6 Å². The van der Waals surface area contributed by atoms with E-state index in [2.05, 4.69) is 44.9 Å². The number of fused-ring (bicyclic) bond motifs is 1. The predicted octanol–water partition coefficient (Wildman–Crippen LogP) is 4.50. The van der Waals surface area contributed by atoms with Crippen LogP contribution in [0.2, 0.25) is 0 Å². The zero-order chi connectivity index (χ0) is 22.2. The van der Waals surface area contributed by atoms with Crippen molar-refractivity contribution in [3.05, 3.63) is 60.4 Å². The smallest absolute Gasteiger partial charge is 0.159 e. The topological polar surface area (TPSA) is 60.9 Å². The number of nitrogens with one attached hydrogen (secondary N) is 1. The van der Waals surface area contributed by atoms with Crippen LogP contribution in [0.5, 0.6) is 0 Å². The molecule has 0 atom stereocenters. The maximum atomic E-state index is 13.8. The summed E-state index contributed by atoms with van der Waals surface area (Å²) in [4.78, 5) is 14.2. The first-order valence-electron chi connectivity index (χ1n) is 10.7. The van der Waals surface area contributed by atoms with Crippen LogP contribution >= 0.6 is 0 Å². The van der Waals surface area contributed by atoms with Crippen LogP contribution < -0.4 is 4.90 Å². The largest absolute Gasteiger partial charge is 0.368 e. The number of benzene rings is 1. The van der Waals surface area contributed by atoms with Crippen LogP contribution in [0.15, 0.2) is 48.8 Å². The number of anilines is 1. The molecule has 1 fully saturated rings. The number of hydrogen-bond acceptors (Lipinski definition) is 5. The van der Waals surface area contributed by atoms with Crippen molar-refractivity contribution in [1.82, 2.24) is 25.1 Å². The Morgan fingerprint density at radius 2 is 1.75 bits per heavy atom. The number of piperazine rings is 1. The lowest BCUT2D eigenvalue weighted by atomic mass is 10.0. The maximum absolute atomic E-state index is 13.8. The van der Waals surface area contributed by atoms with Crippen molar-refractivity contribution >= 4 is 16.7 Å². The van der Waals surface area contributed by atoms with Gasteiger partial charge in [0, 0.05) is 49.5 Å². The number of H-pyrrole nitrogens is 1. The average molecular weight is 434 g/mol. The summed E-state index contributed by atoms with van der Waals surface area (Å²) >= 11 is 0. The predicted molar refractivity (Wildman–Crippen MR) is 121 cm³/mol. The Morgan fingerprint density at radius 3 is 2.50 bits per heavy atom. The van der Waals surface area contributed by atoms with Gasteiger partial charge in [-0.2, -0.15) is 5.10 Å². The fourth-order valence-electron chi connectivity index (χ4n) is 4.16. The van der Waals surface area contributed by atoms with Gasteiger partial charge in [0.25, 0.3) is 0 Å². The third-order valence-corrected chi connectivity index (χ3v) is 6.04. The fraction of sp³-hybridized carbons (Fsp3) is 0.292. The lowest BCUT2D eigenvalue weighted by Gasteiger charge is -2.38. The van der Waals surface area contributed by atoms with E-state index < -0.39 is 11.6 Å². The first kappa shape index (κ1) is 20.5. The van der Waals surface area contributed by atoms with Crippen molar-refractivity contribution in [2.24, 2.45) is 0 Å². The Morgan fingerprint density at radius 1 is 0.938 bits per heavy atom. The molecule has 0 bridgehead atoms. The van der Waals surface area contributed by atoms with Gasteiger partial charge in [0.2, 0.25) is 0 Å². The highest BCUT2D eigenvalue weighted by Crippen LogP contribution is 2.31. The van der Waals surface area contributed by atoms with Crippen molar-refractivity contribution in [3.63, 3.8) is 0 Å². The van der Waals surface area contributed by atoms with Gasteiger partial charge in [-0.25, -0.2) is 13.8 Å². The molecule has 1 saturated heterocycles. The van der Waals surface area contributed by atoms with Crippen LogP contribution in [-0.4, -0.2) is 57.3 Å². The van der Waals surface area contributed by atoms with Crippen molar-refractivity contribution in [2.75, 3.05) is 31.1 Å². The van der Waals surface area contributed by atoms with Crippen molar-refractivity contribution < 1.29 is 8.78 Å². The van der Waals surface area contributed by atoms with Gasteiger partial charge < -0.3 is 4.90 Å². The average Bonchev–Trinajstić information content (AvgIpc) is 3.30. The van der Waals surface area contributed by atoms with Crippen LogP contribution in [-0.2, 0) is 0 Å². The summed E-state index contributed by atoms with van der Waals surface area (Å²) in [5, 5.41) is 7.06. The summed E-state index contributed by atoms with van der Waals surface area (Å²) in [7, 11) is 0. The minimum atomic E-state index is -0.908. The minimum Gasteiger partial charge on any atom is -0.368 e. The monoisotopic (exact) mass is 434 g/mol. The second-order valence-electron chi connectivity index (χ2n) is 8.32. The van der Waals surface area contributed by atoms with Crippen molar-refractivity contribution in [3.8, 4) is 22.5 Å². The molecule has 1 aromatic carbocycles. The Kier molecular flexibility index (Phi) is 5.30. The first-order valence-corrected chi connectivity index (χ1v) is 10.7. The molecular formula is C24H24F2N6. The van der Waals surface area contributed by atoms with E-state index in [1.807, 2.05) is 18.3 Å². The molecule has 5 rings (SSSR count). The molecule has 8 heteroatoms. The molecule has 4 heterocycles. The van der Waals surface area contributed by atoms with Crippen molar-refractivity contribution in [1.29, 1.82) is 0 Å². The molecule has 0 radical (unpaired) electrons. The summed E-state index contributed by atoms with van der Waals surface area (Å²) in [5.74, 6) is -1.79. The van der Waals surface area contributed by atoms with Crippen LogP contribution in [0.1, 0.15) is 13.8 Å². The molecule has 1 aliphatic heterocycles. The third-order valence-electron chi connectivity index (χ3n) is 6.04. The highest BCUT2D eigenvalue weighted by Gasteiger charge is 2.20. The molecule has 4 aromatic rings. The summed E-state index contributed by atoms with van der Waals surface area (Å²) in [6, 6.07) is 10.2. The standard InChI is InChI=1S/C24H24F2N6/c1-15(2)31-7-9-32(10-8-31)17-12-23-22(27-13-17)6-5-21(29-23)18-14-28-30-24(18)16-3-4-19(25)20(26)11-16/h3-6,11-15H,7-10H2,1-2H3,(H,28,30). The number of hydrogen-bond donors (Lipinski definition) is 1. The SMILES string of the molecule is CC(C)N1CCN(c2cnc3ccc(-c4c[nH]nc4-c4ccc(F)c(F)c4)nc3c2)CC1. The second-order valence-corrected chi connectivity index (χ2v) is 8.32. The number of nitrogens with zero attached hydrogens (tertiary/aromatic N) is 5. The van der Waals surface area contributed by atoms with E-state index in [4.69, 9.17) is 4.98 Å². The van der Waals surface area contributed by atoms with Crippen LogP contribution in [0.25, 0.3) is 33.5 Å². The molecule has 3 aromatic heterocycles. The zero-order valence-corrected chi connectivity index (χ0v) is 18.0. The molecule has 164 valence electrons. The highest BCUT2D eigenvalue weighted by atomic mass is 19.2. The maximum Gasteiger partial charge on any atom is 0.159 e. The Bertz CT molecular complexity index is 1260. The molecule has 0 aliphatic carbocycles. The zero-order valence-electron chi connectivity index (χ0n) is 18.0. The van der Waals surface area contributed by atoms with Gasteiger partial charge >= 0.3 is 0 Å². The van der Waals surface area contributed by atoms with Gasteiger partial charge in [-0.15, -0.1) is 0 Å². The van der Waals surface area contributed by atoms with Gasteiger partial charge in [0.15, 0.2) is 11.6 Å². The summed E-state index contributed by atoms with van der Waals surface area (Å²) in [5.41, 5.74) is 5.04. The molecule has 1 N–H and O–H groups in total. The Labute approximate surface area is 184 Å². The number of rotatable bonds is 4. The van der Waals surface area contributed by atoms with Gasteiger partial charge in [-0.3, -0.25) is 15.0 Å². The minimum absolute atomic E-state index is 0.483. The van der Waals surface area contributed by atoms with E-state index in [1.165, 1.54) is 6.07 Å². The molecular weight excluding hydrogens is 410 g/mol. The van der Waals surface area contributed by atoms with Crippen molar-refractivity contribution in [2.45, 2.75) is 19.9 Å². The summed E-state index contributed by atoms with van der Waals surface area (Å²) in [6.07, 6.45) is 3.62. The normalized spacial score (nSPS) is 15.1. The quantitative estimate of drug-likeness (QED) is 0.513. The van der Waals surface area contributed by atoms with Crippen LogP contribution in [0, 0.1) is 11.6 Å². The third kappa shape index (κ3) is 3.82. The summed E-state index contributed by atoms with van der Waals surface area (Å²) < 4.78 is 27.1. The van der Waals surface area contributed by atoms with Crippen LogP contribution in [0.4, 0.5) is 14.5 Å². The van der Waals surface area contributed by atoms with E-state index >= 15 is 0 Å². The summed E-state index contributed by atoms with van der Waals surface area (Å²) in [6.45, 7) is 8.40. The molecule has 1 aliphatic rings. The van der Waals surface area contributed by atoms with Gasteiger partial charge in [-0.1, -0.05) is 0 Å². The second kappa shape index (κ2) is 8.27. The van der Waals surface area contributed by atoms with Crippen LogP contribution in [0.3, 0.4) is 0 Å². The van der Waals surface area contributed by atoms with E-state index in [-0.39, 0.29) is 0 Å². The Balaban J connectivity index is 1.47. The molecule has 0 saturated carbocycles. The van der Waals surface area contributed by atoms with E-state index in [1.54, 1.807) is 6.20 Å². The lowest BCUT2D eigenvalue weighted by Crippen LogP contribution is -2.48. The van der Waals surface area contributed by atoms with E-state index in [0.29, 0.717) is 28.6 Å². The molecule has 0 amide bonds.